The van der Waals surface area contributed by atoms with Crippen LogP contribution in [-0.4, -0.2) is 37.2 Å². The Hall–Kier alpha value is -4.19. The quantitative estimate of drug-likeness (QED) is 0.0261. The van der Waals surface area contributed by atoms with E-state index in [4.69, 9.17) is 14.2 Å². The van der Waals surface area contributed by atoms with Crippen molar-refractivity contribution in [3.8, 4) is 0 Å². The summed E-state index contributed by atoms with van der Waals surface area (Å²) in [6, 6.07) is 0. The molecule has 0 amide bonds. The fourth-order valence-electron chi connectivity index (χ4n) is 9.55. The lowest BCUT2D eigenvalue weighted by Crippen LogP contribution is -2.30. The standard InChI is InChI=1S/C76H128O6/c1-4-7-10-13-16-19-22-25-28-31-33-34-35-36-37-38-39-40-41-42-43-46-48-51-54-57-60-63-66-69-75(78)81-72-73(71-80-74(77)68-65-62-59-56-53-50-47-44-30-27-24-21-18-15-12-9-6-3)82-76(79)70-67-64-61-58-55-52-49-45-32-29-26-23-20-17-14-11-8-5-2/h7,10,16,18-19,21,25,27-28,30,33-34,36-37,39-40,42-43,48,51,73H,4-6,8-9,11-15,17,20,22-24,26,29,31-32,35,38,41,44-47,49-50,52-72H2,1-3H3/b10-7-,19-16-,21-18-,28-25-,30-27-,34-33-,37-36-,40-39-,43-42-,51-48-. The van der Waals surface area contributed by atoms with Crippen molar-refractivity contribution in [3.63, 3.8) is 0 Å². The SMILES string of the molecule is CC/C=C\C/C=C\C/C=C\C/C=C\C/C=C\C/C=C\C/C=C\C/C=C\CCCCCCC(=O)OCC(COC(=O)CCCCCCCCC/C=C\C/C=C\CCCCC)OC(=O)CCCCCCCCCCCCCCCCCCCC. The average molecular weight is 1140 g/mol. The molecule has 0 fully saturated rings. The molecule has 0 aliphatic carbocycles. The van der Waals surface area contributed by atoms with Gasteiger partial charge < -0.3 is 14.2 Å². The maximum atomic E-state index is 12.9. The summed E-state index contributed by atoms with van der Waals surface area (Å²) in [6.07, 6.45) is 96.3. The zero-order valence-electron chi connectivity index (χ0n) is 53.7. The normalized spacial score (nSPS) is 12.9. The molecule has 0 aromatic carbocycles. The maximum absolute atomic E-state index is 12.9. The molecule has 6 nitrogen and oxygen atoms in total. The topological polar surface area (TPSA) is 78.9 Å². The lowest BCUT2D eigenvalue weighted by atomic mass is 10.0. The Morgan fingerprint density at radius 3 is 0.768 bits per heavy atom. The van der Waals surface area contributed by atoms with Crippen molar-refractivity contribution in [2.24, 2.45) is 0 Å². The van der Waals surface area contributed by atoms with Gasteiger partial charge in [-0.25, -0.2) is 0 Å². The van der Waals surface area contributed by atoms with Crippen LogP contribution in [0.15, 0.2) is 122 Å². The van der Waals surface area contributed by atoms with E-state index < -0.39 is 6.10 Å². The Balaban J connectivity index is 4.41. The Labute approximate surface area is 507 Å². The smallest absolute Gasteiger partial charge is 0.306 e. The Bertz CT molecular complexity index is 1690. The summed E-state index contributed by atoms with van der Waals surface area (Å²) < 4.78 is 17.0. The monoisotopic (exact) mass is 1140 g/mol. The van der Waals surface area contributed by atoms with Gasteiger partial charge in [0.1, 0.15) is 13.2 Å². The van der Waals surface area contributed by atoms with Crippen molar-refractivity contribution >= 4 is 17.9 Å². The zero-order chi connectivity index (χ0) is 59.2. The zero-order valence-corrected chi connectivity index (χ0v) is 53.7. The van der Waals surface area contributed by atoms with Crippen molar-refractivity contribution in [2.75, 3.05) is 13.2 Å². The first-order valence-electron chi connectivity index (χ1n) is 34.5. The molecule has 0 N–H and O–H groups in total. The van der Waals surface area contributed by atoms with Gasteiger partial charge in [0.25, 0.3) is 0 Å². The van der Waals surface area contributed by atoms with Crippen molar-refractivity contribution in [1.82, 2.24) is 0 Å². The van der Waals surface area contributed by atoms with E-state index in [1.807, 2.05) is 0 Å². The van der Waals surface area contributed by atoms with Crippen LogP contribution >= 0.6 is 0 Å². The molecule has 0 rings (SSSR count). The predicted octanol–water partition coefficient (Wildman–Crippen LogP) is 23.9. The molecule has 1 unspecified atom stereocenters. The number of carbonyl (C=O) groups is 3. The van der Waals surface area contributed by atoms with Crippen molar-refractivity contribution in [1.29, 1.82) is 0 Å². The molecule has 0 aromatic rings. The van der Waals surface area contributed by atoms with E-state index >= 15 is 0 Å². The molecular weight excluding hydrogens is 1010 g/mol. The number of hydrogen-bond acceptors (Lipinski definition) is 6. The van der Waals surface area contributed by atoms with Gasteiger partial charge in [0.05, 0.1) is 0 Å². The Morgan fingerprint density at radius 2 is 0.476 bits per heavy atom. The van der Waals surface area contributed by atoms with Gasteiger partial charge >= 0.3 is 17.9 Å². The highest BCUT2D eigenvalue weighted by Crippen LogP contribution is 2.17. The van der Waals surface area contributed by atoms with E-state index in [-0.39, 0.29) is 31.1 Å². The second kappa shape index (κ2) is 69.3. The molecule has 468 valence electrons. The van der Waals surface area contributed by atoms with Gasteiger partial charge in [0.15, 0.2) is 6.10 Å². The number of esters is 3. The highest BCUT2D eigenvalue weighted by atomic mass is 16.6. The summed E-state index contributed by atoms with van der Waals surface area (Å²) in [7, 11) is 0. The second-order valence-electron chi connectivity index (χ2n) is 22.7. The fraction of sp³-hybridized carbons (Fsp3) is 0.697. The number of unbranched alkanes of at least 4 members (excludes halogenated alkanes) is 31. The van der Waals surface area contributed by atoms with Crippen molar-refractivity contribution < 1.29 is 28.6 Å². The molecule has 1 atom stereocenters. The van der Waals surface area contributed by atoms with Crippen molar-refractivity contribution in [3.05, 3.63) is 122 Å². The molecular formula is C76H128O6. The van der Waals surface area contributed by atoms with Crippen LogP contribution in [-0.2, 0) is 28.6 Å². The number of allylic oxidation sites excluding steroid dienone is 20. The van der Waals surface area contributed by atoms with Gasteiger partial charge in [-0.05, 0) is 116 Å². The first-order valence-corrected chi connectivity index (χ1v) is 34.5. The largest absolute Gasteiger partial charge is 0.462 e. The molecule has 82 heavy (non-hydrogen) atoms. The molecule has 0 heterocycles. The summed E-state index contributed by atoms with van der Waals surface area (Å²) in [4.78, 5) is 38.4. The summed E-state index contributed by atoms with van der Waals surface area (Å²) in [5.74, 6) is -0.911. The summed E-state index contributed by atoms with van der Waals surface area (Å²) >= 11 is 0. The van der Waals surface area contributed by atoms with Gasteiger partial charge in [0, 0.05) is 19.3 Å². The minimum atomic E-state index is -0.795. The summed E-state index contributed by atoms with van der Waals surface area (Å²) in [5.41, 5.74) is 0. The molecule has 0 saturated carbocycles. The fourth-order valence-corrected chi connectivity index (χ4v) is 9.55. The second-order valence-corrected chi connectivity index (χ2v) is 22.7. The number of carbonyl (C=O) groups excluding carboxylic acids is 3. The maximum Gasteiger partial charge on any atom is 0.306 e. The van der Waals surface area contributed by atoms with Gasteiger partial charge in [-0.3, -0.25) is 14.4 Å². The Morgan fingerprint density at radius 1 is 0.256 bits per heavy atom. The lowest BCUT2D eigenvalue weighted by Gasteiger charge is -2.18. The molecule has 0 bridgehead atoms. The van der Waals surface area contributed by atoms with Gasteiger partial charge in [0.2, 0.25) is 0 Å². The molecule has 0 aromatic heterocycles. The minimum Gasteiger partial charge on any atom is -0.462 e. The van der Waals surface area contributed by atoms with Crippen LogP contribution in [0.1, 0.15) is 323 Å². The highest BCUT2D eigenvalue weighted by Gasteiger charge is 2.19. The van der Waals surface area contributed by atoms with Crippen LogP contribution in [0.2, 0.25) is 0 Å². The van der Waals surface area contributed by atoms with E-state index in [2.05, 4.69) is 142 Å². The molecule has 0 aliphatic heterocycles. The minimum absolute atomic E-state index is 0.0898. The number of ether oxygens (including phenoxy) is 3. The van der Waals surface area contributed by atoms with Gasteiger partial charge in [-0.1, -0.05) is 309 Å². The van der Waals surface area contributed by atoms with Crippen LogP contribution in [0.4, 0.5) is 0 Å². The Kier molecular flexibility index (Phi) is 65.8. The average Bonchev–Trinajstić information content (AvgIpc) is 3.47. The summed E-state index contributed by atoms with van der Waals surface area (Å²) in [6.45, 7) is 6.51. The summed E-state index contributed by atoms with van der Waals surface area (Å²) in [5, 5.41) is 0. The predicted molar refractivity (Wildman–Crippen MR) is 357 cm³/mol. The first kappa shape index (κ1) is 77.8. The van der Waals surface area contributed by atoms with Gasteiger partial charge in [-0.15, -0.1) is 0 Å². The number of hydrogen-bond donors (Lipinski definition) is 0. The van der Waals surface area contributed by atoms with E-state index in [9.17, 15) is 14.4 Å². The number of rotatable bonds is 62. The van der Waals surface area contributed by atoms with Crippen LogP contribution in [0.25, 0.3) is 0 Å². The molecule has 0 spiro atoms. The highest BCUT2D eigenvalue weighted by molar-refractivity contribution is 5.71. The lowest BCUT2D eigenvalue weighted by molar-refractivity contribution is -0.167. The van der Waals surface area contributed by atoms with Gasteiger partial charge in [-0.2, -0.15) is 0 Å². The van der Waals surface area contributed by atoms with Crippen LogP contribution in [0, 0.1) is 0 Å². The van der Waals surface area contributed by atoms with Crippen LogP contribution in [0.5, 0.6) is 0 Å². The van der Waals surface area contributed by atoms with Crippen molar-refractivity contribution in [2.45, 2.75) is 329 Å². The van der Waals surface area contributed by atoms with E-state index in [1.165, 1.54) is 148 Å². The molecule has 0 saturated heterocycles. The third kappa shape index (κ3) is 66.6. The van der Waals surface area contributed by atoms with E-state index in [1.54, 1.807) is 0 Å². The van der Waals surface area contributed by atoms with E-state index in [0.29, 0.717) is 19.3 Å². The first-order chi connectivity index (χ1) is 40.5. The molecule has 6 heteroatoms. The third-order valence-electron chi connectivity index (χ3n) is 14.7. The molecule has 0 aliphatic rings. The van der Waals surface area contributed by atoms with Crippen LogP contribution in [0.3, 0.4) is 0 Å². The molecule has 0 radical (unpaired) electrons. The van der Waals surface area contributed by atoms with E-state index in [0.717, 1.165) is 135 Å². The third-order valence-corrected chi connectivity index (χ3v) is 14.7. The van der Waals surface area contributed by atoms with Crippen LogP contribution < -0.4 is 0 Å².